The summed E-state index contributed by atoms with van der Waals surface area (Å²) in [6.45, 7) is 7.31. The Balaban J connectivity index is 1.82. The average Bonchev–Trinajstić information content (AvgIpc) is 3.01. The van der Waals surface area contributed by atoms with Crippen molar-refractivity contribution in [1.29, 1.82) is 0 Å². The number of rotatable bonds is 4. The van der Waals surface area contributed by atoms with Crippen LogP contribution in [0.25, 0.3) is 0 Å². The lowest BCUT2D eigenvalue weighted by Crippen LogP contribution is -2.31. The van der Waals surface area contributed by atoms with Gasteiger partial charge in [0.1, 0.15) is 0 Å². The minimum atomic E-state index is -3.33. The monoisotopic (exact) mass is 347 g/mol. The number of benzene rings is 1. The van der Waals surface area contributed by atoms with Gasteiger partial charge < -0.3 is 0 Å². The van der Waals surface area contributed by atoms with E-state index in [-0.39, 0.29) is 17.1 Å². The number of hydrogen-bond donors (Lipinski definition) is 0. The Morgan fingerprint density at radius 2 is 2.08 bits per heavy atom. The van der Waals surface area contributed by atoms with Crippen molar-refractivity contribution in [3.8, 4) is 0 Å². The molecule has 0 N–H and O–H groups in total. The first-order valence-electron chi connectivity index (χ1n) is 8.19. The summed E-state index contributed by atoms with van der Waals surface area (Å²) in [6.07, 6.45) is 3.84. The lowest BCUT2D eigenvalue weighted by atomic mass is 9.79. The van der Waals surface area contributed by atoms with Crippen molar-refractivity contribution in [3.05, 3.63) is 53.3 Å². The molecule has 0 aliphatic carbocycles. The molecule has 24 heavy (non-hydrogen) atoms. The highest BCUT2D eigenvalue weighted by molar-refractivity contribution is 7.88. The Morgan fingerprint density at radius 3 is 2.71 bits per heavy atom. The Labute approximate surface area is 144 Å². The molecule has 1 fully saturated rings. The fraction of sp³-hybridized carbons (Fsp3) is 0.500. The Hall–Kier alpha value is -1.66. The van der Waals surface area contributed by atoms with Gasteiger partial charge in [0.2, 0.25) is 10.0 Å². The molecule has 1 aliphatic rings. The van der Waals surface area contributed by atoms with E-state index in [1.807, 2.05) is 50.6 Å². The lowest BCUT2D eigenvalue weighted by Gasteiger charge is -2.24. The van der Waals surface area contributed by atoms with E-state index in [0.717, 1.165) is 16.7 Å². The van der Waals surface area contributed by atoms with Crippen LogP contribution in [-0.4, -0.2) is 35.6 Å². The third-order valence-corrected chi connectivity index (χ3v) is 6.63. The molecular formula is C18H25N3O2S. The number of aromatic nitrogens is 2. The van der Waals surface area contributed by atoms with Gasteiger partial charge in [-0.25, -0.2) is 12.7 Å². The van der Waals surface area contributed by atoms with Crippen molar-refractivity contribution in [2.75, 3.05) is 13.1 Å². The van der Waals surface area contributed by atoms with Crippen molar-refractivity contribution in [3.63, 3.8) is 0 Å². The molecule has 5 nitrogen and oxygen atoms in total. The Bertz CT molecular complexity index is 839. The van der Waals surface area contributed by atoms with Gasteiger partial charge in [-0.1, -0.05) is 43.7 Å². The van der Waals surface area contributed by atoms with Crippen LogP contribution < -0.4 is 0 Å². The summed E-state index contributed by atoms with van der Waals surface area (Å²) < 4.78 is 29.2. The quantitative estimate of drug-likeness (QED) is 0.854. The molecule has 2 aromatic rings. The van der Waals surface area contributed by atoms with Gasteiger partial charge in [-0.05, 0) is 23.5 Å². The third-order valence-electron chi connectivity index (χ3n) is 4.87. The van der Waals surface area contributed by atoms with Gasteiger partial charge in [0.25, 0.3) is 0 Å². The van der Waals surface area contributed by atoms with Gasteiger partial charge in [0.05, 0.1) is 11.9 Å². The SMILES string of the molecule is Cc1cccc(CS(=O)(=O)N2C[C@H](c3cnn(C)c3)C(C)(C)C2)c1. The zero-order valence-corrected chi connectivity index (χ0v) is 15.5. The summed E-state index contributed by atoms with van der Waals surface area (Å²) in [6, 6.07) is 7.71. The van der Waals surface area contributed by atoms with Gasteiger partial charge in [0, 0.05) is 32.3 Å². The molecule has 2 heterocycles. The Kier molecular flexibility index (Phi) is 4.30. The second kappa shape index (κ2) is 6.01. The zero-order valence-electron chi connectivity index (χ0n) is 14.7. The predicted octanol–water partition coefficient (Wildman–Crippen LogP) is 2.68. The second-order valence-corrected chi connectivity index (χ2v) is 9.50. The number of aryl methyl sites for hydroxylation is 2. The van der Waals surface area contributed by atoms with Crippen LogP contribution in [0.3, 0.4) is 0 Å². The van der Waals surface area contributed by atoms with E-state index in [0.29, 0.717) is 13.1 Å². The summed E-state index contributed by atoms with van der Waals surface area (Å²) in [5.74, 6) is 0.225. The number of nitrogens with zero attached hydrogens (tertiary/aromatic N) is 3. The second-order valence-electron chi connectivity index (χ2n) is 7.53. The molecule has 6 heteroatoms. The topological polar surface area (TPSA) is 55.2 Å². The van der Waals surface area contributed by atoms with Crippen molar-refractivity contribution in [2.45, 2.75) is 32.4 Å². The van der Waals surface area contributed by atoms with E-state index in [9.17, 15) is 8.42 Å². The summed E-state index contributed by atoms with van der Waals surface area (Å²) >= 11 is 0. The van der Waals surface area contributed by atoms with Gasteiger partial charge in [-0.2, -0.15) is 5.10 Å². The molecule has 0 unspecified atom stereocenters. The van der Waals surface area contributed by atoms with Gasteiger partial charge in [0.15, 0.2) is 0 Å². The van der Waals surface area contributed by atoms with Crippen molar-refractivity contribution in [2.24, 2.45) is 12.5 Å². The molecule has 1 aliphatic heterocycles. The number of sulfonamides is 1. The van der Waals surface area contributed by atoms with Crippen LogP contribution >= 0.6 is 0 Å². The highest BCUT2D eigenvalue weighted by atomic mass is 32.2. The van der Waals surface area contributed by atoms with Crippen LogP contribution in [0.5, 0.6) is 0 Å². The van der Waals surface area contributed by atoms with E-state index < -0.39 is 10.0 Å². The summed E-state index contributed by atoms with van der Waals surface area (Å²) in [5.41, 5.74) is 2.92. The van der Waals surface area contributed by atoms with Gasteiger partial charge in [-0.3, -0.25) is 4.68 Å². The predicted molar refractivity (Wildman–Crippen MR) is 95.1 cm³/mol. The highest BCUT2D eigenvalue weighted by Crippen LogP contribution is 2.43. The first kappa shape index (κ1) is 17.2. The van der Waals surface area contributed by atoms with E-state index >= 15 is 0 Å². The summed E-state index contributed by atoms with van der Waals surface area (Å²) in [5, 5.41) is 4.24. The van der Waals surface area contributed by atoms with Crippen molar-refractivity contribution >= 4 is 10.0 Å². The molecule has 1 atom stereocenters. The minimum Gasteiger partial charge on any atom is -0.276 e. The van der Waals surface area contributed by atoms with Crippen molar-refractivity contribution in [1.82, 2.24) is 14.1 Å². The molecular weight excluding hydrogens is 322 g/mol. The van der Waals surface area contributed by atoms with Gasteiger partial charge >= 0.3 is 0 Å². The fourth-order valence-corrected chi connectivity index (χ4v) is 5.26. The normalized spacial score (nSPS) is 21.2. The molecule has 0 saturated carbocycles. The van der Waals surface area contributed by atoms with Crippen LogP contribution in [0.4, 0.5) is 0 Å². The molecule has 3 rings (SSSR count). The Morgan fingerprint density at radius 1 is 1.33 bits per heavy atom. The molecule has 0 bridgehead atoms. The van der Waals surface area contributed by atoms with E-state index in [2.05, 4.69) is 18.9 Å². The molecule has 1 saturated heterocycles. The summed E-state index contributed by atoms with van der Waals surface area (Å²) in [7, 11) is -1.44. The molecule has 0 radical (unpaired) electrons. The maximum atomic E-state index is 12.9. The lowest BCUT2D eigenvalue weighted by molar-refractivity contribution is 0.346. The minimum absolute atomic E-state index is 0.0600. The standard InChI is InChI=1S/C18H25N3O2S/c1-14-6-5-7-15(8-14)12-24(22,23)21-11-17(18(2,3)13-21)16-9-19-20(4)10-16/h5-10,17H,11-13H2,1-4H3/t17-/m1/s1. The third kappa shape index (κ3) is 3.39. The van der Waals surface area contributed by atoms with Gasteiger partial charge in [-0.15, -0.1) is 0 Å². The van der Waals surface area contributed by atoms with E-state index in [1.165, 1.54) is 0 Å². The average molecular weight is 347 g/mol. The molecule has 1 aromatic heterocycles. The van der Waals surface area contributed by atoms with Crippen LogP contribution in [0.1, 0.15) is 36.5 Å². The summed E-state index contributed by atoms with van der Waals surface area (Å²) in [4.78, 5) is 0. The van der Waals surface area contributed by atoms with Crippen LogP contribution in [0, 0.1) is 12.3 Å². The largest absolute Gasteiger partial charge is 0.276 e. The number of hydrogen-bond acceptors (Lipinski definition) is 3. The molecule has 130 valence electrons. The van der Waals surface area contributed by atoms with Crippen LogP contribution in [0.15, 0.2) is 36.7 Å². The fourth-order valence-electron chi connectivity index (χ4n) is 3.57. The first-order chi connectivity index (χ1) is 11.2. The van der Waals surface area contributed by atoms with Crippen molar-refractivity contribution < 1.29 is 8.42 Å². The van der Waals surface area contributed by atoms with E-state index in [1.54, 1.807) is 8.99 Å². The molecule has 0 spiro atoms. The molecule has 0 amide bonds. The maximum Gasteiger partial charge on any atom is 0.218 e. The zero-order chi connectivity index (χ0) is 17.5. The smallest absolute Gasteiger partial charge is 0.218 e. The maximum absolute atomic E-state index is 12.9. The molecule has 1 aromatic carbocycles. The van der Waals surface area contributed by atoms with Crippen LogP contribution in [-0.2, 0) is 22.8 Å². The van der Waals surface area contributed by atoms with E-state index in [4.69, 9.17) is 0 Å². The first-order valence-corrected chi connectivity index (χ1v) is 9.80. The van der Waals surface area contributed by atoms with Crippen LogP contribution in [0.2, 0.25) is 0 Å². The highest BCUT2D eigenvalue weighted by Gasteiger charge is 2.44.